The number of ketones is 1. The van der Waals surface area contributed by atoms with E-state index in [0.717, 1.165) is 25.7 Å². The van der Waals surface area contributed by atoms with Crippen LogP contribution in [0.5, 0.6) is 0 Å². The van der Waals surface area contributed by atoms with E-state index in [0.29, 0.717) is 17.3 Å². The number of rotatable bonds is 14. The number of hydrogen-bond acceptors (Lipinski definition) is 4. The minimum Gasteiger partial charge on any atom is -0.481 e. The minimum atomic E-state index is -1.83. The maximum atomic E-state index is 12.3. The molecule has 0 amide bonds. The van der Waals surface area contributed by atoms with Gasteiger partial charge >= 0.3 is 11.9 Å². The molecule has 3 N–H and O–H groups in total. The Morgan fingerprint density at radius 1 is 0.792 bits per heavy atom. The molecule has 140 valence electrons. The molecule has 0 aromatic heterocycles. The molecular weight excluding hydrogens is 314 g/mol. The lowest BCUT2D eigenvalue weighted by Gasteiger charge is -2.33. The minimum absolute atomic E-state index is 0.0628. The van der Waals surface area contributed by atoms with Crippen molar-refractivity contribution in [1.82, 2.24) is 0 Å². The van der Waals surface area contributed by atoms with Gasteiger partial charge in [-0.3, -0.25) is 14.4 Å². The Kier molecular flexibility index (Phi) is 9.77. The molecule has 24 heavy (non-hydrogen) atoms. The molecule has 0 fully saturated rings. The number of aliphatic hydroxyl groups is 1. The average Bonchev–Trinajstić information content (AvgIpc) is 2.37. The number of carbonyl (C=O) groups excluding carboxylic acids is 1. The quantitative estimate of drug-likeness (QED) is 0.326. The highest BCUT2D eigenvalue weighted by Crippen LogP contribution is 2.20. The maximum absolute atomic E-state index is 12.3. The number of unbranched alkanes of at least 4 members (excludes halogenated alkanes) is 5. The molecule has 0 aromatic rings. The summed E-state index contributed by atoms with van der Waals surface area (Å²) in [7, 11) is 5.41. The first-order valence-electron chi connectivity index (χ1n) is 8.46. The standard InChI is InChI=1S/C17H31NO6/c1-18(2,3)13-17(24,12-16(22)23)14(19)10-8-6-4-5-7-9-11-15(20)21/h24H,4-13H2,1-3H3,(H-,20,21,22,23)/p+1. The average molecular weight is 346 g/mol. The number of aliphatic carboxylic acids is 2. The molecule has 1 unspecified atom stereocenters. The lowest BCUT2D eigenvalue weighted by atomic mass is 9.89. The molecule has 0 rings (SSSR count). The Labute approximate surface area is 143 Å². The SMILES string of the molecule is C[N+](C)(C)CC(O)(CC(=O)O)C(=O)CCCCCCCCC(=O)O. The third-order valence-electron chi connectivity index (χ3n) is 3.74. The number of carboxylic acids is 2. The van der Waals surface area contributed by atoms with Crippen molar-refractivity contribution in [2.75, 3.05) is 27.7 Å². The maximum Gasteiger partial charge on any atom is 0.306 e. The Morgan fingerprint density at radius 2 is 1.25 bits per heavy atom. The van der Waals surface area contributed by atoms with Gasteiger partial charge in [0, 0.05) is 12.8 Å². The van der Waals surface area contributed by atoms with E-state index in [4.69, 9.17) is 10.2 Å². The van der Waals surface area contributed by atoms with E-state index >= 15 is 0 Å². The van der Waals surface area contributed by atoms with Gasteiger partial charge in [-0.15, -0.1) is 0 Å². The first-order chi connectivity index (χ1) is 11.0. The van der Waals surface area contributed by atoms with Crippen molar-refractivity contribution >= 4 is 17.7 Å². The summed E-state index contributed by atoms with van der Waals surface area (Å²) in [4.78, 5) is 33.6. The van der Waals surface area contributed by atoms with Gasteiger partial charge in [-0.1, -0.05) is 25.7 Å². The Hall–Kier alpha value is -1.47. The fourth-order valence-electron chi connectivity index (χ4n) is 2.78. The third kappa shape index (κ3) is 11.1. The predicted octanol–water partition coefficient (Wildman–Crippen LogP) is 1.67. The number of Topliss-reactive ketones (excluding diaryl/α,β-unsaturated/α-hetero) is 1. The molecule has 0 spiro atoms. The van der Waals surface area contributed by atoms with Gasteiger partial charge in [-0.25, -0.2) is 0 Å². The smallest absolute Gasteiger partial charge is 0.306 e. The van der Waals surface area contributed by atoms with Crippen LogP contribution in [-0.2, 0) is 14.4 Å². The third-order valence-corrected chi connectivity index (χ3v) is 3.74. The molecular formula is C17H32NO6+. The highest BCUT2D eigenvalue weighted by molar-refractivity contribution is 5.90. The fourth-order valence-corrected chi connectivity index (χ4v) is 2.78. The van der Waals surface area contributed by atoms with Crippen molar-refractivity contribution in [3.05, 3.63) is 0 Å². The molecule has 0 bridgehead atoms. The topological polar surface area (TPSA) is 112 Å². The molecule has 0 saturated carbocycles. The summed E-state index contributed by atoms with van der Waals surface area (Å²) in [5.74, 6) is -2.38. The van der Waals surface area contributed by atoms with E-state index in [1.807, 2.05) is 0 Å². The van der Waals surface area contributed by atoms with Gasteiger partial charge in [0.05, 0.1) is 27.6 Å². The van der Waals surface area contributed by atoms with Crippen LogP contribution in [0.15, 0.2) is 0 Å². The fraction of sp³-hybridized carbons (Fsp3) is 0.824. The summed E-state index contributed by atoms with van der Waals surface area (Å²) in [6.07, 6.45) is 4.53. The highest BCUT2D eigenvalue weighted by Gasteiger charge is 2.42. The zero-order valence-corrected chi connectivity index (χ0v) is 15.1. The van der Waals surface area contributed by atoms with Crippen LogP contribution in [0.1, 0.15) is 57.8 Å². The number of nitrogens with zero attached hydrogens (tertiary/aromatic N) is 1. The summed E-state index contributed by atoms with van der Waals surface area (Å²) in [6, 6.07) is 0. The van der Waals surface area contributed by atoms with Crippen LogP contribution in [-0.4, -0.2) is 70.8 Å². The van der Waals surface area contributed by atoms with Gasteiger partial charge in [0.25, 0.3) is 0 Å². The molecule has 0 aromatic carbocycles. The van der Waals surface area contributed by atoms with E-state index in [1.54, 1.807) is 21.1 Å². The second-order valence-corrected chi connectivity index (χ2v) is 7.49. The monoisotopic (exact) mass is 346 g/mol. The molecule has 0 heterocycles. The zero-order valence-electron chi connectivity index (χ0n) is 15.1. The van der Waals surface area contributed by atoms with Crippen LogP contribution in [0.4, 0.5) is 0 Å². The van der Waals surface area contributed by atoms with Gasteiger partial charge in [-0.2, -0.15) is 0 Å². The van der Waals surface area contributed by atoms with Crippen molar-refractivity contribution < 1.29 is 34.2 Å². The van der Waals surface area contributed by atoms with Gasteiger partial charge in [0.2, 0.25) is 0 Å². The number of quaternary nitrogens is 1. The first kappa shape index (κ1) is 22.5. The lowest BCUT2D eigenvalue weighted by molar-refractivity contribution is -0.875. The van der Waals surface area contributed by atoms with Crippen LogP contribution >= 0.6 is 0 Å². The van der Waals surface area contributed by atoms with E-state index in [-0.39, 0.29) is 19.4 Å². The van der Waals surface area contributed by atoms with Gasteiger partial charge in [0.15, 0.2) is 11.4 Å². The van der Waals surface area contributed by atoms with Gasteiger partial charge in [0.1, 0.15) is 6.54 Å². The molecule has 0 radical (unpaired) electrons. The number of likely N-dealkylation sites (N-methyl/N-ethyl adjacent to an activating group) is 1. The Morgan fingerprint density at radius 3 is 1.67 bits per heavy atom. The van der Waals surface area contributed by atoms with Crippen molar-refractivity contribution in [2.24, 2.45) is 0 Å². The Bertz CT molecular complexity index is 429. The number of carbonyl (C=O) groups is 3. The van der Waals surface area contributed by atoms with Crippen LogP contribution in [0, 0.1) is 0 Å². The summed E-state index contributed by atoms with van der Waals surface area (Å²) >= 11 is 0. The Balaban J connectivity index is 4.19. The second kappa shape index (κ2) is 10.4. The molecule has 0 aliphatic heterocycles. The first-order valence-corrected chi connectivity index (χ1v) is 8.46. The summed E-state index contributed by atoms with van der Waals surface area (Å²) in [5.41, 5.74) is -1.83. The van der Waals surface area contributed by atoms with Crippen LogP contribution in [0.2, 0.25) is 0 Å². The zero-order chi connectivity index (χ0) is 18.8. The van der Waals surface area contributed by atoms with Crippen LogP contribution < -0.4 is 0 Å². The summed E-state index contributed by atoms with van der Waals surface area (Å²) < 4.78 is 0.305. The van der Waals surface area contributed by atoms with Gasteiger partial charge < -0.3 is 19.8 Å². The molecule has 0 aliphatic carbocycles. The molecule has 0 aliphatic rings. The largest absolute Gasteiger partial charge is 0.481 e. The van der Waals surface area contributed by atoms with Crippen molar-refractivity contribution in [2.45, 2.75) is 63.4 Å². The number of hydrogen-bond donors (Lipinski definition) is 3. The molecule has 1 atom stereocenters. The second-order valence-electron chi connectivity index (χ2n) is 7.49. The van der Waals surface area contributed by atoms with Crippen LogP contribution in [0.3, 0.4) is 0 Å². The van der Waals surface area contributed by atoms with Crippen molar-refractivity contribution in [3.8, 4) is 0 Å². The van der Waals surface area contributed by atoms with E-state index in [9.17, 15) is 19.5 Å². The van der Waals surface area contributed by atoms with Crippen molar-refractivity contribution in [3.63, 3.8) is 0 Å². The highest BCUT2D eigenvalue weighted by atomic mass is 16.4. The predicted molar refractivity (Wildman–Crippen MR) is 89.7 cm³/mol. The van der Waals surface area contributed by atoms with Crippen LogP contribution in [0.25, 0.3) is 0 Å². The van der Waals surface area contributed by atoms with E-state index in [1.165, 1.54) is 0 Å². The normalized spacial score (nSPS) is 14.2. The lowest BCUT2D eigenvalue weighted by Crippen LogP contribution is -2.54. The van der Waals surface area contributed by atoms with E-state index < -0.39 is 29.7 Å². The van der Waals surface area contributed by atoms with Crippen molar-refractivity contribution in [1.29, 1.82) is 0 Å². The summed E-state index contributed by atoms with van der Waals surface area (Å²) in [6.45, 7) is 0.0628. The molecule has 7 heteroatoms. The van der Waals surface area contributed by atoms with Gasteiger partial charge in [-0.05, 0) is 12.8 Å². The molecule has 7 nitrogen and oxygen atoms in total. The molecule has 0 saturated heterocycles. The summed E-state index contributed by atoms with van der Waals surface area (Å²) in [5, 5.41) is 28.0. The number of carboxylic acid groups (broad SMARTS) is 2. The van der Waals surface area contributed by atoms with E-state index in [2.05, 4.69) is 0 Å².